The maximum absolute atomic E-state index is 14.2. The van der Waals surface area contributed by atoms with Crippen molar-refractivity contribution in [3.05, 3.63) is 76.7 Å². The van der Waals surface area contributed by atoms with Crippen molar-refractivity contribution in [2.24, 2.45) is 0 Å². The topological polar surface area (TPSA) is 61.8 Å². The fraction of sp³-hybridized carbons (Fsp3) is 0.393. The summed E-state index contributed by atoms with van der Waals surface area (Å²) in [5.74, 6) is 1.26. The molecule has 2 atom stereocenters. The van der Waals surface area contributed by atoms with Gasteiger partial charge >= 0.3 is 0 Å². The van der Waals surface area contributed by atoms with Crippen LogP contribution in [0.2, 0.25) is 5.15 Å². The van der Waals surface area contributed by atoms with Crippen molar-refractivity contribution < 1.29 is 13.9 Å². The molecule has 3 heterocycles. The van der Waals surface area contributed by atoms with Gasteiger partial charge in [0, 0.05) is 56.7 Å². The average Bonchev–Trinajstić information content (AvgIpc) is 2.91. The highest BCUT2D eigenvalue weighted by atomic mass is 35.5. The highest BCUT2D eigenvalue weighted by Gasteiger charge is 2.26. The summed E-state index contributed by atoms with van der Waals surface area (Å²) >= 11 is 7.85. The number of thioether (sulfide) groups is 1. The molecule has 0 spiro atoms. The lowest BCUT2D eigenvalue weighted by atomic mass is 10.1. The number of morpholine rings is 1. The van der Waals surface area contributed by atoms with Gasteiger partial charge in [-0.1, -0.05) is 47.6 Å². The number of aromatic nitrogens is 2. The van der Waals surface area contributed by atoms with Crippen LogP contribution in [0.3, 0.4) is 0 Å². The van der Waals surface area contributed by atoms with E-state index < -0.39 is 0 Å². The van der Waals surface area contributed by atoms with E-state index in [-0.39, 0.29) is 23.9 Å². The number of hydrogen-bond donors (Lipinski definition) is 0. The number of para-hydroxylation sites is 1. The molecule has 38 heavy (non-hydrogen) atoms. The van der Waals surface area contributed by atoms with Gasteiger partial charge in [0.1, 0.15) is 16.8 Å². The first-order valence-electron chi connectivity index (χ1n) is 12.8. The van der Waals surface area contributed by atoms with Gasteiger partial charge in [0.25, 0.3) is 5.91 Å². The summed E-state index contributed by atoms with van der Waals surface area (Å²) in [4.78, 5) is 28.1. The van der Waals surface area contributed by atoms with E-state index in [1.54, 1.807) is 12.1 Å². The Morgan fingerprint density at radius 1 is 1.00 bits per heavy atom. The Morgan fingerprint density at radius 3 is 2.34 bits per heavy atom. The molecule has 2 fully saturated rings. The molecular formula is C28H31ClFN5O2S. The van der Waals surface area contributed by atoms with Crippen LogP contribution in [0.5, 0.6) is 0 Å². The molecule has 2 aromatic carbocycles. The first kappa shape index (κ1) is 26.7. The Labute approximate surface area is 231 Å². The van der Waals surface area contributed by atoms with Crippen LogP contribution in [-0.2, 0) is 10.5 Å². The molecule has 2 saturated heterocycles. The fourth-order valence-corrected chi connectivity index (χ4v) is 5.95. The molecule has 2 aliphatic heterocycles. The monoisotopic (exact) mass is 555 g/mol. The third-order valence-electron chi connectivity index (χ3n) is 6.73. The molecule has 0 aliphatic carbocycles. The number of carbonyl (C=O) groups excluding carboxylic acids is 1. The van der Waals surface area contributed by atoms with Crippen LogP contribution < -0.4 is 9.80 Å². The minimum absolute atomic E-state index is 0.0316. The maximum atomic E-state index is 14.2. The number of rotatable bonds is 6. The molecule has 5 rings (SSSR count). The number of anilines is 2. The van der Waals surface area contributed by atoms with Gasteiger partial charge in [-0.3, -0.25) is 4.79 Å². The van der Waals surface area contributed by atoms with Gasteiger partial charge in [0.2, 0.25) is 0 Å². The second-order valence-corrected chi connectivity index (χ2v) is 11.0. The maximum Gasteiger partial charge on any atom is 0.254 e. The summed E-state index contributed by atoms with van der Waals surface area (Å²) < 4.78 is 19.9. The Kier molecular flexibility index (Phi) is 8.35. The minimum atomic E-state index is -0.201. The molecule has 1 aromatic heterocycles. The third kappa shape index (κ3) is 6.39. The molecule has 0 radical (unpaired) electrons. The number of nitrogens with zero attached hydrogens (tertiary/aromatic N) is 5. The number of piperazine rings is 1. The van der Waals surface area contributed by atoms with Gasteiger partial charge in [-0.05, 0) is 43.7 Å². The lowest BCUT2D eigenvalue weighted by Gasteiger charge is -2.36. The zero-order valence-electron chi connectivity index (χ0n) is 21.5. The first-order valence-corrected chi connectivity index (χ1v) is 14.2. The highest BCUT2D eigenvalue weighted by Crippen LogP contribution is 2.27. The number of ether oxygens (including phenoxy) is 1. The van der Waals surface area contributed by atoms with Crippen molar-refractivity contribution in [2.75, 3.05) is 49.1 Å². The van der Waals surface area contributed by atoms with Gasteiger partial charge in [0.15, 0.2) is 5.16 Å². The van der Waals surface area contributed by atoms with Crippen molar-refractivity contribution in [3.8, 4) is 0 Å². The van der Waals surface area contributed by atoms with Crippen LogP contribution >= 0.6 is 23.4 Å². The highest BCUT2D eigenvalue weighted by molar-refractivity contribution is 7.98. The average molecular weight is 556 g/mol. The minimum Gasteiger partial charge on any atom is -0.372 e. The molecule has 1 amide bonds. The van der Waals surface area contributed by atoms with E-state index >= 15 is 0 Å². The summed E-state index contributed by atoms with van der Waals surface area (Å²) in [5.41, 5.74) is 2.38. The SMILES string of the molecule is CC1CN(C(=O)c2ccc(CSc3nc(Cl)cc(N4CCN(c5ccccc5F)CC4)n3)cc2)CC(C)O1. The summed E-state index contributed by atoms with van der Waals surface area (Å²) in [6, 6.07) is 16.3. The van der Waals surface area contributed by atoms with Crippen LogP contribution in [-0.4, -0.2) is 72.3 Å². The van der Waals surface area contributed by atoms with Gasteiger partial charge in [-0.2, -0.15) is 0 Å². The third-order valence-corrected chi connectivity index (χ3v) is 7.85. The van der Waals surface area contributed by atoms with Crippen LogP contribution in [0.1, 0.15) is 29.8 Å². The molecule has 7 nitrogen and oxygen atoms in total. The van der Waals surface area contributed by atoms with E-state index in [1.807, 2.05) is 55.1 Å². The molecule has 2 unspecified atom stereocenters. The Morgan fingerprint density at radius 2 is 1.66 bits per heavy atom. The molecule has 0 saturated carbocycles. The normalized spacial score (nSPS) is 20.1. The number of hydrogen-bond acceptors (Lipinski definition) is 7. The Hall–Kier alpha value is -2.88. The predicted molar refractivity (Wildman–Crippen MR) is 150 cm³/mol. The standard InChI is InChI=1S/C28H31ClFN5O2S/c1-19-16-35(17-20(2)37-19)27(36)22-9-7-21(8-10-22)18-38-28-31-25(29)15-26(32-28)34-13-11-33(12-14-34)24-6-4-3-5-23(24)30/h3-10,15,19-20H,11-14,16-18H2,1-2H3. The van der Waals surface area contributed by atoms with E-state index in [0.717, 1.165) is 11.4 Å². The van der Waals surface area contributed by atoms with E-state index in [4.69, 9.17) is 21.3 Å². The first-order chi connectivity index (χ1) is 18.4. The number of amides is 1. The Bertz CT molecular complexity index is 1260. The van der Waals surface area contributed by atoms with Gasteiger partial charge in [-0.25, -0.2) is 14.4 Å². The number of benzene rings is 2. The predicted octanol–water partition coefficient (Wildman–Crippen LogP) is 5.14. The van der Waals surface area contributed by atoms with Crippen molar-refractivity contribution in [2.45, 2.75) is 37.0 Å². The summed E-state index contributed by atoms with van der Waals surface area (Å²) in [5, 5.41) is 0.990. The molecule has 200 valence electrons. The van der Waals surface area contributed by atoms with E-state index in [1.165, 1.54) is 17.8 Å². The van der Waals surface area contributed by atoms with Crippen molar-refractivity contribution in [3.63, 3.8) is 0 Å². The molecule has 10 heteroatoms. The molecule has 2 aliphatic rings. The van der Waals surface area contributed by atoms with E-state index in [0.29, 0.717) is 66.6 Å². The zero-order chi connectivity index (χ0) is 26.6. The second kappa shape index (κ2) is 11.9. The van der Waals surface area contributed by atoms with Gasteiger partial charge in [0.05, 0.1) is 17.9 Å². The van der Waals surface area contributed by atoms with E-state index in [2.05, 4.69) is 14.8 Å². The fourth-order valence-electron chi connectivity index (χ4n) is 4.91. The number of carbonyl (C=O) groups is 1. The lowest BCUT2D eigenvalue weighted by molar-refractivity contribution is -0.0586. The second-order valence-electron chi connectivity index (χ2n) is 9.71. The Balaban J connectivity index is 1.18. The summed E-state index contributed by atoms with van der Waals surface area (Å²) in [6.45, 7) is 8.00. The zero-order valence-corrected chi connectivity index (χ0v) is 23.1. The van der Waals surface area contributed by atoms with Crippen LogP contribution in [0.25, 0.3) is 0 Å². The van der Waals surface area contributed by atoms with Gasteiger partial charge < -0.3 is 19.4 Å². The van der Waals surface area contributed by atoms with Crippen molar-refractivity contribution in [1.29, 1.82) is 0 Å². The smallest absolute Gasteiger partial charge is 0.254 e. The molecule has 3 aromatic rings. The van der Waals surface area contributed by atoms with Crippen LogP contribution in [0.4, 0.5) is 15.9 Å². The largest absolute Gasteiger partial charge is 0.372 e. The lowest BCUT2D eigenvalue weighted by Crippen LogP contribution is -2.48. The van der Waals surface area contributed by atoms with E-state index in [9.17, 15) is 9.18 Å². The van der Waals surface area contributed by atoms with Crippen LogP contribution in [0.15, 0.2) is 59.8 Å². The molecular weight excluding hydrogens is 525 g/mol. The van der Waals surface area contributed by atoms with Gasteiger partial charge in [-0.15, -0.1) is 0 Å². The molecule has 0 N–H and O–H groups in total. The van der Waals surface area contributed by atoms with Crippen LogP contribution in [0, 0.1) is 5.82 Å². The quantitative estimate of drug-likeness (QED) is 0.237. The summed E-state index contributed by atoms with van der Waals surface area (Å²) in [6.07, 6.45) is 0.0772. The number of halogens is 2. The summed E-state index contributed by atoms with van der Waals surface area (Å²) in [7, 11) is 0. The van der Waals surface area contributed by atoms with Crippen molar-refractivity contribution >= 4 is 40.8 Å². The molecule has 0 bridgehead atoms. The van der Waals surface area contributed by atoms with Crippen molar-refractivity contribution in [1.82, 2.24) is 14.9 Å².